The summed E-state index contributed by atoms with van der Waals surface area (Å²) >= 11 is 5.10. The summed E-state index contributed by atoms with van der Waals surface area (Å²) in [6.07, 6.45) is 1.97. The van der Waals surface area contributed by atoms with Crippen molar-refractivity contribution in [1.29, 1.82) is 0 Å². The number of rotatable bonds is 7. The fourth-order valence-corrected chi connectivity index (χ4v) is 2.97. The van der Waals surface area contributed by atoms with Crippen LogP contribution in [-0.4, -0.2) is 18.5 Å². The van der Waals surface area contributed by atoms with Crippen molar-refractivity contribution in [3.05, 3.63) is 20.8 Å². The van der Waals surface area contributed by atoms with Crippen LogP contribution in [0.25, 0.3) is 0 Å². The van der Waals surface area contributed by atoms with Gasteiger partial charge in [0.25, 0.3) is 0 Å². The molecule has 1 rings (SSSR count). The van der Waals surface area contributed by atoms with Crippen LogP contribution < -0.4 is 10.6 Å². The zero-order valence-electron chi connectivity index (χ0n) is 10.3. The Morgan fingerprint density at radius 3 is 2.65 bits per heavy atom. The Morgan fingerprint density at radius 2 is 2.12 bits per heavy atom. The van der Waals surface area contributed by atoms with Gasteiger partial charge in [-0.15, -0.1) is 11.3 Å². The second-order valence-corrected chi connectivity index (χ2v) is 6.44. The van der Waals surface area contributed by atoms with Crippen molar-refractivity contribution >= 4 is 33.2 Å². The molecule has 1 aromatic heterocycles. The van der Waals surface area contributed by atoms with Crippen LogP contribution in [-0.2, 0) is 11.3 Å². The van der Waals surface area contributed by atoms with Crippen LogP contribution in [0.3, 0.4) is 0 Å². The lowest BCUT2D eigenvalue weighted by Gasteiger charge is -2.14. The van der Waals surface area contributed by atoms with E-state index in [1.165, 1.54) is 4.88 Å². The van der Waals surface area contributed by atoms with Gasteiger partial charge in [-0.3, -0.25) is 4.79 Å². The Hall–Kier alpha value is -0.390. The average Bonchev–Trinajstić information content (AvgIpc) is 2.72. The molecule has 5 heteroatoms. The predicted octanol–water partition coefficient (Wildman–Crippen LogP) is 2.91. The first-order chi connectivity index (χ1) is 8.15. The van der Waals surface area contributed by atoms with Crippen LogP contribution in [0.15, 0.2) is 15.9 Å². The standard InChI is InChI=1S/C12H19BrN2OS/c1-3-9(4-2)15-12(16)8-14-7-10-5-6-11(13)17-10/h5-6,9,14H,3-4,7-8H2,1-2H3,(H,15,16). The molecule has 1 amide bonds. The molecule has 0 unspecified atom stereocenters. The third-order valence-electron chi connectivity index (χ3n) is 2.56. The molecule has 0 aromatic carbocycles. The van der Waals surface area contributed by atoms with Crippen molar-refractivity contribution < 1.29 is 4.79 Å². The highest BCUT2D eigenvalue weighted by molar-refractivity contribution is 9.11. The molecule has 0 bridgehead atoms. The summed E-state index contributed by atoms with van der Waals surface area (Å²) in [5, 5.41) is 6.15. The van der Waals surface area contributed by atoms with Gasteiger partial charge in [0.15, 0.2) is 0 Å². The Balaban J connectivity index is 2.20. The van der Waals surface area contributed by atoms with Crippen LogP contribution in [0, 0.1) is 0 Å². The number of nitrogens with one attached hydrogen (secondary N) is 2. The molecule has 0 spiro atoms. The molecule has 0 atom stereocenters. The Kier molecular flexibility index (Phi) is 6.77. The largest absolute Gasteiger partial charge is 0.352 e. The third-order valence-corrected chi connectivity index (χ3v) is 4.19. The van der Waals surface area contributed by atoms with Gasteiger partial charge in [0, 0.05) is 17.5 Å². The molecule has 0 saturated heterocycles. The van der Waals surface area contributed by atoms with Gasteiger partial charge in [0.05, 0.1) is 10.3 Å². The Morgan fingerprint density at radius 1 is 1.41 bits per heavy atom. The van der Waals surface area contributed by atoms with E-state index in [0.29, 0.717) is 12.6 Å². The molecule has 0 aliphatic heterocycles. The lowest BCUT2D eigenvalue weighted by Crippen LogP contribution is -2.39. The second-order valence-electron chi connectivity index (χ2n) is 3.89. The van der Waals surface area contributed by atoms with Gasteiger partial charge < -0.3 is 10.6 Å². The second kappa shape index (κ2) is 7.84. The van der Waals surface area contributed by atoms with Crippen molar-refractivity contribution in [2.24, 2.45) is 0 Å². The SMILES string of the molecule is CCC(CC)NC(=O)CNCc1ccc(Br)s1. The molecule has 96 valence electrons. The van der Waals surface area contributed by atoms with E-state index >= 15 is 0 Å². The number of hydrogen-bond donors (Lipinski definition) is 2. The predicted molar refractivity (Wildman–Crippen MR) is 76.2 cm³/mol. The van der Waals surface area contributed by atoms with E-state index in [0.717, 1.165) is 23.2 Å². The lowest BCUT2D eigenvalue weighted by molar-refractivity contribution is -0.121. The molecule has 17 heavy (non-hydrogen) atoms. The maximum Gasteiger partial charge on any atom is 0.234 e. The molecule has 0 aliphatic carbocycles. The van der Waals surface area contributed by atoms with E-state index in [-0.39, 0.29) is 5.91 Å². The zero-order valence-corrected chi connectivity index (χ0v) is 12.7. The summed E-state index contributed by atoms with van der Waals surface area (Å²) in [5.41, 5.74) is 0. The molecule has 2 N–H and O–H groups in total. The smallest absolute Gasteiger partial charge is 0.234 e. The highest BCUT2D eigenvalue weighted by Crippen LogP contribution is 2.21. The van der Waals surface area contributed by atoms with Crippen LogP contribution in [0.1, 0.15) is 31.6 Å². The fourth-order valence-electron chi connectivity index (χ4n) is 1.52. The van der Waals surface area contributed by atoms with Gasteiger partial charge in [-0.25, -0.2) is 0 Å². The average molecular weight is 319 g/mol. The molecular formula is C12H19BrN2OS. The summed E-state index contributed by atoms with van der Waals surface area (Å²) in [4.78, 5) is 12.8. The fraction of sp³-hybridized carbons (Fsp3) is 0.583. The first-order valence-electron chi connectivity index (χ1n) is 5.90. The Bertz CT molecular complexity index is 350. The maximum atomic E-state index is 11.6. The van der Waals surface area contributed by atoms with Crippen molar-refractivity contribution in [2.75, 3.05) is 6.54 Å². The van der Waals surface area contributed by atoms with Crippen LogP contribution in [0.2, 0.25) is 0 Å². The molecule has 1 heterocycles. The topological polar surface area (TPSA) is 41.1 Å². The number of halogens is 1. The van der Waals surface area contributed by atoms with Crippen molar-refractivity contribution in [2.45, 2.75) is 39.3 Å². The summed E-state index contributed by atoms with van der Waals surface area (Å²) < 4.78 is 1.12. The third kappa shape index (κ3) is 5.66. The lowest BCUT2D eigenvalue weighted by atomic mass is 10.2. The minimum absolute atomic E-state index is 0.0781. The van der Waals surface area contributed by atoms with Crippen molar-refractivity contribution in [1.82, 2.24) is 10.6 Å². The zero-order chi connectivity index (χ0) is 12.7. The van der Waals surface area contributed by atoms with Gasteiger partial charge in [0.2, 0.25) is 5.91 Å². The number of thiophene rings is 1. The van der Waals surface area contributed by atoms with Gasteiger partial charge in [0.1, 0.15) is 0 Å². The summed E-state index contributed by atoms with van der Waals surface area (Å²) in [5.74, 6) is 0.0781. The molecule has 0 saturated carbocycles. The van der Waals surface area contributed by atoms with Crippen LogP contribution >= 0.6 is 27.3 Å². The number of amides is 1. The van der Waals surface area contributed by atoms with E-state index in [1.807, 2.05) is 6.07 Å². The van der Waals surface area contributed by atoms with Crippen LogP contribution in [0.5, 0.6) is 0 Å². The van der Waals surface area contributed by atoms with Crippen molar-refractivity contribution in [3.8, 4) is 0 Å². The van der Waals surface area contributed by atoms with Gasteiger partial charge in [-0.1, -0.05) is 13.8 Å². The van der Waals surface area contributed by atoms with E-state index in [1.54, 1.807) is 11.3 Å². The summed E-state index contributed by atoms with van der Waals surface area (Å²) in [7, 11) is 0. The monoisotopic (exact) mass is 318 g/mol. The first kappa shape index (κ1) is 14.7. The van der Waals surface area contributed by atoms with E-state index in [2.05, 4.69) is 46.5 Å². The molecule has 0 fully saturated rings. The van der Waals surface area contributed by atoms with Crippen molar-refractivity contribution in [3.63, 3.8) is 0 Å². The number of carbonyl (C=O) groups excluding carboxylic acids is 1. The van der Waals surface area contributed by atoms with E-state index in [4.69, 9.17) is 0 Å². The van der Waals surface area contributed by atoms with E-state index < -0.39 is 0 Å². The van der Waals surface area contributed by atoms with Gasteiger partial charge in [-0.05, 0) is 40.9 Å². The number of carbonyl (C=O) groups is 1. The molecule has 1 aromatic rings. The number of hydrogen-bond acceptors (Lipinski definition) is 3. The minimum Gasteiger partial charge on any atom is -0.352 e. The minimum atomic E-state index is 0.0781. The van der Waals surface area contributed by atoms with Crippen LogP contribution in [0.4, 0.5) is 0 Å². The summed E-state index contributed by atoms with van der Waals surface area (Å²) in [6.45, 7) is 5.30. The highest BCUT2D eigenvalue weighted by Gasteiger charge is 2.07. The molecular weight excluding hydrogens is 300 g/mol. The Labute approximate surface area is 115 Å². The first-order valence-corrected chi connectivity index (χ1v) is 7.51. The van der Waals surface area contributed by atoms with Gasteiger partial charge in [-0.2, -0.15) is 0 Å². The molecule has 0 radical (unpaired) electrons. The quantitative estimate of drug-likeness (QED) is 0.811. The molecule has 0 aliphatic rings. The highest BCUT2D eigenvalue weighted by atomic mass is 79.9. The maximum absolute atomic E-state index is 11.6. The normalized spacial score (nSPS) is 10.8. The van der Waals surface area contributed by atoms with E-state index in [9.17, 15) is 4.79 Å². The summed E-state index contributed by atoms with van der Waals surface area (Å²) in [6, 6.07) is 4.38. The molecule has 3 nitrogen and oxygen atoms in total. The van der Waals surface area contributed by atoms with Gasteiger partial charge >= 0.3 is 0 Å².